The van der Waals surface area contributed by atoms with Crippen LogP contribution in [0.2, 0.25) is 0 Å². The zero-order valence-electron chi connectivity index (χ0n) is 23.8. The Morgan fingerprint density at radius 2 is 1.27 bits per heavy atom. The molecule has 3 heterocycles. The summed E-state index contributed by atoms with van der Waals surface area (Å²) in [7, 11) is -0.590. The smallest absolute Gasteiger partial charge is 0.119 e. The minimum absolute atomic E-state index is 0.104. The summed E-state index contributed by atoms with van der Waals surface area (Å²) in [6, 6.07) is 41.2. The molecule has 200 valence electrons. The number of hydrogen-bond acceptors (Lipinski definition) is 2. The quantitative estimate of drug-likeness (QED) is 0.237. The Hall–Kier alpha value is -4.46. The topological polar surface area (TPSA) is 41.6 Å². The van der Waals surface area contributed by atoms with Gasteiger partial charge in [0.1, 0.15) is 5.69 Å². The Labute approximate surface area is 242 Å². The van der Waals surface area contributed by atoms with Gasteiger partial charge >= 0.3 is 0 Å². The van der Waals surface area contributed by atoms with Gasteiger partial charge in [0.25, 0.3) is 0 Å². The van der Waals surface area contributed by atoms with Gasteiger partial charge in [0.2, 0.25) is 0 Å². The molecule has 0 radical (unpaired) electrons. The largest absolute Gasteiger partial charge is 0.282 e. The third kappa shape index (κ3) is 4.38. The maximum Gasteiger partial charge on any atom is 0.119 e. The lowest BCUT2D eigenvalue weighted by Crippen LogP contribution is -2.00. The normalized spacial score (nSPS) is 12.3. The number of nitrogens with one attached hydrogen (secondary N) is 1. The zero-order valence-corrected chi connectivity index (χ0v) is 24.7. The highest BCUT2D eigenvalue weighted by Gasteiger charge is 2.25. The molecule has 4 heteroatoms. The fourth-order valence-corrected chi connectivity index (χ4v) is 9.25. The van der Waals surface area contributed by atoms with E-state index in [2.05, 4.69) is 142 Å². The molecule has 0 bridgehead atoms. The van der Waals surface area contributed by atoms with Crippen LogP contribution in [-0.4, -0.2) is 15.2 Å². The summed E-state index contributed by atoms with van der Waals surface area (Å²) >= 11 is 0. The van der Waals surface area contributed by atoms with Gasteiger partial charge in [-0.05, 0) is 46.5 Å². The Morgan fingerprint density at radius 1 is 0.634 bits per heavy atom. The van der Waals surface area contributed by atoms with Crippen molar-refractivity contribution in [3.8, 4) is 44.9 Å². The summed E-state index contributed by atoms with van der Waals surface area (Å²) < 4.78 is 0. The number of aromatic nitrogens is 3. The van der Waals surface area contributed by atoms with Crippen molar-refractivity contribution >= 4 is 28.5 Å². The second-order valence-corrected chi connectivity index (χ2v) is 14.6. The van der Waals surface area contributed by atoms with E-state index in [1.807, 2.05) is 6.07 Å². The number of aryl methyl sites for hydroxylation is 1. The summed E-state index contributed by atoms with van der Waals surface area (Å²) in [6.07, 6.45) is 0. The van der Waals surface area contributed by atoms with Gasteiger partial charge in [-0.2, -0.15) is 5.10 Å². The van der Waals surface area contributed by atoms with Crippen LogP contribution in [0.5, 0.6) is 0 Å². The molecule has 0 saturated heterocycles. The summed E-state index contributed by atoms with van der Waals surface area (Å²) in [6.45, 7) is 9.20. The molecule has 3 aromatic heterocycles. The van der Waals surface area contributed by atoms with Crippen molar-refractivity contribution in [3.63, 3.8) is 0 Å². The van der Waals surface area contributed by atoms with Crippen molar-refractivity contribution in [1.29, 1.82) is 0 Å². The van der Waals surface area contributed by atoms with Gasteiger partial charge in [0.05, 0.1) is 11.4 Å². The van der Waals surface area contributed by atoms with Crippen LogP contribution < -0.4 is 0 Å². The highest BCUT2D eigenvalue weighted by Crippen LogP contribution is 2.60. The van der Waals surface area contributed by atoms with Gasteiger partial charge in [-0.3, -0.25) is 5.10 Å². The maximum absolute atomic E-state index is 5.38. The standard InChI is InChI=1S/C37H32N3P/c1-24-34(26-16-9-6-10-17-26)35(40-39-24)32-23-27(25-14-7-5-8-15-25)22-31(38-32)30-20-13-19-29-28-18-11-12-21-33(28)41(36(29)30)37(2,3)4/h5-23H,1-4H3,(H,39,40). The molecular formula is C37H32N3P. The lowest BCUT2D eigenvalue weighted by Gasteiger charge is -2.22. The molecule has 0 aliphatic carbocycles. The lowest BCUT2D eigenvalue weighted by molar-refractivity contribution is 0.721. The van der Waals surface area contributed by atoms with Crippen LogP contribution in [-0.2, 0) is 5.16 Å². The second kappa shape index (κ2) is 9.87. The predicted octanol–water partition coefficient (Wildman–Crippen LogP) is 10.8. The first kappa shape index (κ1) is 25.5. The molecule has 0 amide bonds. The van der Waals surface area contributed by atoms with E-state index in [1.54, 1.807) is 0 Å². The van der Waals surface area contributed by atoms with E-state index in [0.717, 1.165) is 39.5 Å². The average Bonchev–Trinajstić information content (AvgIpc) is 3.56. The van der Waals surface area contributed by atoms with Gasteiger partial charge < -0.3 is 0 Å². The SMILES string of the molecule is Cc1[nH]nc(-c2cc(-c3ccccc3)cc(-c3cccc4c5ccccc5p(C(C)(C)C)c34)n2)c1-c1ccccc1. The number of nitrogens with zero attached hydrogens (tertiary/aromatic N) is 2. The van der Waals surface area contributed by atoms with Crippen LogP contribution in [0.1, 0.15) is 26.5 Å². The first-order valence-electron chi connectivity index (χ1n) is 14.1. The van der Waals surface area contributed by atoms with Gasteiger partial charge in [0, 0.05) is 32.2 Å². The molecule has 7 rings (SSSR count). The van der Waals surface area contributed by atoms with E-state index in [9.17, 15) is 0 Å². The fourth-order valence-electron chi connectivity index (χ4n) is 6.08. The van der Waals surface area contributed by atoms with Gasteiger partial charge in [-0.1, -0.05) is 124 Å². The summed E-state index contributed by atoms with van der Waals surface area (Å²) in [5.74, 6) is 0. The van der Waals surface area contributed by atoms with Gasteiger partial charge in [-0.25, -0.2) is 4.98 Å². The Kier molecular flexibility index (Phi) is 6.14. The third-order valence-corrected chi connectivity index (χ3v) is 11.0. The molecule has 0 aliphatic heterocycles. The summed E-state index contributed by atoms with van der Waals surface area (Å²) in [4.78, 5) is 5.38. The van der Waals surface area contributed by atoms with Crippen LogP contribution in [0.4, 0.5) is 0 Å². The Bertz CT molecular complexity index is 2030. The maximum atomic E-state index is 5.38. The number of pyridine rings is 1. The van der Waals surface area contributed by atoms with E-state index in [1.165, 1.54) is 32.1 Å². The zero-order chi connectivity index (χ0) is 28.1. The molecule has 41 heavy (non-hydrogen) atoms. The number of aromatic amines is 1. The van der Waals surface area contributed by atoms with Crippen molar-refractivity contribution in [3.05, 3.63) is 121 Å². The van der Waals surface area contributed by atoms with Crippen molar-refractivity contribution in [2.24, 2.45) is 0 Å². The first-order chi connectivity index (χ1) is 19.9. The number of H-pyrrole nitrogens is 1. The molecule has 0 spiro atoms. The molecule has 1 unspecified atom stereocenters. The van der Waals surface area contributed by atoms with Crippen molar-refractivity contribution in [1.82, 2.24) is 15.2 Å². The van der Waals surface area contributed by atoms with Gasteiger partial charge in [0.15, 0.2) is 0 Å². The van der Waals surface area contributed by atoms with Crippen molar-refractivity contribution < 1.29 is 0 Å². The van der Waals surface area contributed by atoms with Crippen molar-refractivity contribution in [2.75, 3.05) is 0 Å². The van der Waals surface area contributed by atoms with Gasteiger partial charge in [-0.15, -0.1) is 7.53 Å². The molecule has 0 saturated carbocycles. The monoisotopic (exact) mass is 549 g/mol. The molecule has 7 aromatic rings. The fraction of sp³-hybridized carbons (Fsp3) is 0.135. The van der Waals surface area contributed by atoms with Crippen LogP contribution in [0.15, 0.2) is 115 Å². The minimum atomic E-state index is -0.590. The van der Waals surface area contributed by atoms with E-state index in [0.29, 0.717) is 0 Å². The Balaban J connectivity index is 1.55. The molecule has 3 nitrogen and oxygen atoms in total. The summed E-state index contributed by atoms with van der Waals surface area (Å²) in [5.41, 5.74) is 9.52. The van der Waals surface area contributed by atoms with Crippen LogP contribution in [0, 0.1) is 6.92 Å². The molecule has 1 N–H and O–H groups in total. The number of benzene rings is 4. The average molecular weight is 550 g/mol. The number of fused-ring (bicyclic) bond motifs is 3. The highest BCUT2D eigenvalue weighted by atomic mass is 31.1. The first-order valence-corrected chi connectivity index (χ1v) is 15.5. The van der Waals surface area contributed by atoms with E-state index in [-0.39, 0.29) is 5.16 Å². The molecule has 0 fully saturated rings. The van der Waals surface area contributed by atoms with Crippen LogP contribution in [0.25, 0.3) is 65.9 Å². The minimum Gasteiger partial charge on any atom is -0.282 e. The lowest BCUT2D eigenvalue weighted by atomic mass is 9.97. The highest BCUT2D eigenvalue weighted by molar-refractivity contribution is 7.62. The molecular weight excluding hydrogens is 517 g/mol. The second-order valence-electron chi connectivity index (χ2n) is 11.7. The number of rotatable bonds is 4. The van der Waals surface area contributed by atoms with Crippen LogP contribution in [0.3, 0.4) is 0 Å². The van der Waals surface area contributed by atoms with E-state index < -0.39 is 7.53 Å². The van der Waals surface area contributed by atoms with Crippen molar-refractivity contribution in [2.45, 2.75) is 32.9 Å². The number of hydrogen-bond donors (Lipinski definition) is 1. The van der Waals surface area contributed by atoms with E-state index >= 15 is 0 Å². The molecule has 4 aromatic carbocycles. The molecule has 0 aliphatic rings. The third-order valence-electron chi connectivity index (χ3n) is 7.83. The van der Waals surface area contributed by atoms with E-state index in [4.69, 9.17) is 10.1 Å². The van der Waals surface area contributed by atoms with Crippen LogP contribution >= 0.6 is 7.53 Å². The summed E-state index contributed by atoms with van der Waals surface area (Å²) in [5, 5.41) is 13.8. The Morgan fingerprint density at radius 3 is 2.00 bits per heavy atom. The molecule has 1 atom stereocenters. The predicted molar refractivity (Wildman–Crippen MR) is 176 cm³/mol.